The highest BCUT2D eigenvalue weighted by Crippen LogP contribution is 2.35. The summed E-state index contributed by atoms with van der Waals surface area (Å²) in [6.45, 7) is 5.07. The molecule has 2 aromatic rings. The van der Waals surface area contributed by atoms with Crippen molar-refractivity contribution in [2.45, 2.75) is 13.3 Å². The van der Waals surface area contributed by atoms with Crippen LogP contribution in [0, 0.1) is 12.8 Å². The van der Waals surface area contributed by atoms with E-state index in [2.05, 4.69) is 10.2 Å². The van der Waals surface area contributed by atoms with Gasteiger partial charge in [-0.25, -0.2) is 0 Å². The van der Waals surface area contributed by atoms with Gasteiger partial charge in [0.1, 0.15) is 0 Å². The number of hydrogen-bond donors (Lipinski definition) is 1. The number of para-hydroxylation sites is 1. The Morgan fingerprint density at radius 2 is 1.86 bits per heavy atom. The Morgan fingerprint density at radius 1 is 1.14 bits per heavy atom. The van der Waals surface area contributed by atoms with E-state index in [1.807, 2.05) is 49.4 Å². The Hall–Kier alpha value is -2.57. The molecule has 4 rings (SSSR count). The number of carbonyl (C=O) groups excluding carboxylic acids is 2. The lowest BCUT2D eigenvalue weighted by molar-refractivity contribution is -0.122. The van der Waals surface area contributed by atoms with Crippen LogP contribution in [0.2, 0.25) is 5.02 Å². The quantitative estimate of drug-likeness (QED) is 0.833. The van der Waals surface area contributed by atoms with Gasteiger partial charge in [0.05, 0.1) is 35.5 Å². The molecule has 0 aromatic heterocycles. The Kier molecular flexibility index (Phi) is 5.74. The fourth-order valence-corrected chi connectivity index (χ4v) is 4.11. The first kappa shape index (κ1) is 19.7. The van der Waals surface area contributed by atoms with Crippen LogP contribution in [0.15, 0.2) is 42.5 Å². The maximum atomic E-state index is 13.0. The molecule has 0 aliphatic carbocycles. The molecule has 2 aromatic carbocycles. The standard InChI is InChI=1S/C22H24ClN3O3/c1-15-5-7-17(8-6-15)26-14-16(13-20(26)27)22(28)24-19-4-2-3-18(23)21(19)25-9-11-29-12-10-25/h2-8,16H,9-14H2,1H3,(H,24,28). The van der Waals surface area contributed by atoms with Gasteiger partial charge in [-0.15, -0.1) is 0 Å². The zero-order chi connectivity index (χ0) is 20.4. The summed E-state index contributed by atoms with van der Waals surface area (Å²) in [4.78, 5) is 29.3. The zero-order valence-electron chi connectivity index (χ0n) is 16.4. The summed E-state index contributed by atoms with van der Waals surface area (Å²) in [5.74, 6) is -0.599. The predicted octanol–water partition coefficient (Wildman–Crippen LogP) is 3.48. The topological polar surface area (TPSA) is 61.9 Å². The second kappa shape index (κ2) is 8.43. The minimum Gasteiger partial charge on any atom is -0.378 e. The molecule has 7 heteroatoms. The van der Waals surface area contributed by atoms with Crippen LogP contribution in [0.4, 0.5) is 17.1 Å². The first-order valence-electron chi connectivity index (χ1n) is 9.82. The molecule has 2 aliphatic heterocycles. The largest absolute Gasteiger partial charge is 0.378 e. The number of hydrogen-bond acceptors (Lipinski definition) is 4. The zero-order valence-corrected chi connectivity index (χ0v) is 17.1. The molecule has 0 saturated carbocycles. The van der Waals surface area contributed by atoms with Crippen molar-refractivity contribution in [3.05, 3.63) is 53.1 Å². The smallest absolute Gasteiger partial charge is 0.229 e. The third-order valence-corrected chi connectivity index (χ3v) is 5.72. The molecule has 2 amide bonds. The van der Waals surface area contributed by atoms with Gasteiger partial charge in [-0.3, -0.25) is 9.59 Å². The molecule has 1 N–H and O–H groups in total. The summed E-state index contributed by atoms with van der Waals surface area (Å²) >= 11 is 6.45. The van der Waals surface area contributed by atoms with Gasteiger partial charge >= 0.3 is 0 Å². The van der Waals surface area contributed by atoms with E-state index in [1.165, 1.54) is 0 Å². The summed E-state index contributed by atoms with van der Waals surface area (Å²) in [6, 6.07) is 13.3. The number of anilines is 3. The van der Waals surface area contributed by atoms with Gasteiger partial charge in [0.15, 0.2) is 0 Å². The number of aryl methyl sites for hydroxylation is 1. The highest BCUT2D eigenvalue weighted by atomic mass is 35.5. The van der Waals surface area contributed by atoms with E-state index in [0.717, 1.165) is 30.0 Å². The van der Waals surface area contributed by atoms with Crippen molar-refractivity contribution in [3.63, 3.8) is 0 Å². The van der Waals surface area contributed by atoms with Crippen LogP contribution in [-0.4, -0.2) is 44.7 Å². The molecule has 2 aliphatic rings. The summed E-state index contributed by atoms with van der Waals surface area (Å²) in [6.07, 6.45) is 0.202. The van der Waals surface area contributed by atoms with Crippen molar-refractivity contribution in [2.24, 2.45) is 5.92 Å². The monoisotopic (exact) mass is 413 g/mol. The molecule has 152 valence electrons. The number of rotatable bonds is 4. The lowest BCUT2D eigenvalue weighted by atomic mass is 10.1. The van der Waals surface area contributed by atoms with E-state index in [9.17, 15) is 9.59 Å². The molecular formula is C22H24ClN3O3. The SMILES string of the molecule is Cc1ccc(N2CC(C(=O)Nc3cccc(Cl)c3N3CCOCC3)CC2=O)cc1. The Bertz CT molecular complexity index is 910. The lowest BCUT2D eigenvalue weighted by Crippen LogP contribution is -2.37. The summed E-state index contributed by atoms with van der Waals surface area (Å²) in [5, 5.41) is 3.60. The van der Waals surface area contributed by atoms with E-state index in [1.54, 1.807) is 4.90 Å². The van der Waals surface area contributed by atoms with Crippen LogP contribution in [0.3, 0.4) is 0 Å². The molecule has 6 nitrogen and oxygen atoms in total. The van der Waals surface area contributed by atoms with E-state index >= 15 is 0 Å². The number of nitrogens with zero attached hydrogens (tertiary/aromatic N) is 2. The minimum atomic E-state index is -0.402. The molecule has 2 fully saturated rings. The average Bonchev–Trinajstić information content (AvgIpc) is 3.11. The van der Waals surface area contributed by atoms with Crippen molar-refractivity contribution < 1.29 is 14.3 Å². The van der Waals surface area contributed by atoms with Gasteiger partial charge < -0.3 is 19.9 Å². The van der Waals surface area contributed by atoms with Crippen molar-refractivity contribution in [1.29, 1.82) is 0 Å². The van der Waals surface area contributed by atoms with E-state index < -0.39 is 5.92 Å². The van der Waals surface area contributed by atoms with Crippen molar-refractivity contribution in [3.8, 4) is 0 Å². The number of benzene rings is 2. The second-order valence-electron chi connectivity index (χ2n) is 7.47. The maximum Gasteiger partial charge on any atom is 0.229 e. The van der Waals surface area contributed by atoms with Gasteiger partial charge in [-0.05, 0) is 31.2 Å². The molecule has 1 atom stereocenters. The van der Waals surface area contributed by atoms with Crippen molar-refractivity contribution in [2.75, 3.05) is 48.0 Å². The first-order chi connectivity index (χ1) is 14.0. The van der Waals surface area contributed by atoms with E-state index in [0.29, 0.717) is 30.5 Å². The van der Waals surface area contributed by atoms with Gasteiger partial charge in [-0.1, -0.05) is 35.4 Å². The Balaban J connectivity index is 1.49. The van der Waals surface area contributed by atoms with Crippen molar-refractivity contribution >= 4 is 40.5 Å². The number of morpholine rings is 1. The average molecular weight is 414 g/mol. The van der Waals surface area contributed by atoms with Crippen LogP contribution in [-0.2, 0) is 14.3 Å². The third-order valence-electron chi connectivity index (χ3n) is 5.41. The molecular weight excluding hydrogens is 390 g/mol. The fraction of sp³-hybridized carbons (Fsp3) is 0.364. The normalized spacial score (nSPS) is 19.5. The molecule has 0 bridgehead atoms. The predicted molar refractivity (Wildman–Crippen MR) is 115 cm³/mol. The highest BCUT2D eigenvalue weighted by Gasteiger charge is 2.35. The molecule has 0 radical (unpaired) electrons. The number of halogens is 1. The number of carbonyl (C=O) groups is 2. The first-order valence-corrected chi connectivity index (χ1v) is 10.2. The van der Waals surface area contributed by atoms with Crippen LogP contribution < -0.4 is 15.1 Å². The Morgan fingerprint density at radius 3 is 2.59 bits per heavy atom. The van der Waals surface area contributed by atoms with Crippen molar-refractivity contribution in [1.82, 2.24) is 0 Å². The minimum absolute atomic E-state index is 0.0338. The fourth-order valence-electron chi connectivity index (χ4n) is 3.82. The van der Waals surface area contributed by atoms with Crippen LogP contribution in [0.1, 0.15) is 12.0 Å². The summed E-state index contributed by atoms with van der Waals surface area (Å²) < 4.78 is 5.42. The van der Waals surface area contributed by atoms with Gasteiger partial charge in [-0.2, -0.15) is 0 Å². The van der Waals surface area contributed by atoms with Crippen LogP contribution in [0.25, 0.3) is 0 Å². The van der Waals surface area contributed by atoms with Gasteiger partial charge in [0.2, 0.25) is 11.8 Å². The molecule has 1 unspecified atom stereocenters. The van der Waals surface area contributed by atoms with E-state index in [-0.39, 0.29) is 18.2 Å². The number of ether oxygens (including phenoxy) is 1. The molecule has 0 spiro atoms. The van der Waals surface area contributed by atoms with Crippen LogP contribution >= 0.6 is 11.6 Å². The second-order valence-corrected chi connectivity index (χ2v) is 7.87. The number of nitrogens with one attached hydrogen (secondary N) is 1. The molecule has 2 heterocycles. The molecule has 29 heavy (non-hydrogen) atoms. The molecule has 2 saturated heterocycles. The van der Waals surface area contributed by atoms with E-state index in [4.69, 9.17) is 16.3 Å². The third kappa shape index (κ3) is 4.23. The highest BCUT2D eigenvalue weighted by molar-refractivity contribution is 6.34. The summed E-state index contributed by atoms with van der Waals surface area (Å²) in [7, 11) is 0. The Labute approximate surface area is 175 Å². The lowest BCUT2D eigenvalue weighted by Gasteiger charge is -2.31. The maximum absolute atomic E-state index is 13.0. The number of amides is 2. The van der Waals surface area contributed by atoms with Gasteiger partial charge in [0.25, 0.3) is 0 Å². The summed E-state index contributed by atoms with van der Waals surface area (Å²) in [5.41, 5.74) is 3.44. The van der Waals surface area contributed by atoms with Crippen LogP contribution in [0.5, 0.6) is 0 Å². The van der Waals surface area contributed by atoms with Gasteiger partial charge in [0, 0.05) is 31.7 Å².